The number of imidazole rings is 1. The summed E-state index contributed by atoms with van der Waals surface area (Å²) in [5.74, 6) is 0.276. The number of thiocarbonyl (C=S) groups is 1. The summed E-state index contributed by atoms with van der Waals surface area (Å²) in [7, 11) is 1.84. The second kappa shape index (κ2) is 8.00. The first kappa shape index (κ1) is 23.2. The van der Waals surface area contributed by atoms with Gasteiger partial charge in [0.25, 0.3) is 5.91 Å². The number of carbonyl (C=O) groups excluding carboxylic acids is 1. The van der Waals surface area contributed by atoms with E-state index in [4.69, 9.17) is 17.5 Å². The van der Waals surface area contributed by atoms with E-state index >= 15 is 0 Å². The second-order valence-electron chi connectivity index (χ2n) is 8.58. The van der Waals surface area contributed by atoms with Gasteiger partial charge in [-0.25, -0.2) is 9.97 Å². The first-order valence-electron chi connectivity index (χ1n) is 10.8. The van der Waals surface area contributed by atoms with Gasteiger partial charge in [-0.2, -0.15) is 18.4 Å². The van der Waals surface area contributed by atoms with Crippen LogP contribution in [-0.4, -0.2) is 42.8 Å². The lowest BCUT2D eigenvalue weighted by molar-refractivity contribution is -0.138. The number of aromatic nitrogens is 3. The van der Waals surface area contributed by atoms with Crippen LogP contribution in [0.5, 0.6) is 0 Å². The molecule has 2 aliphatic rings. The highest BCUT2D eigenvalue weighted by Gasteiger charge is 2.59. The predicted molar refractivity (Wildman–Crippen MR) is 125 cm³/mol. The highest BCUT2D eigenvalue weighted by Crippen LogP contribution is 2.48. The van der Waals surface area contributed by atoms with Crippen LogP contribution in [0.1, 0.15) is 36.3 Å². The van der Waals surface area contributed by atoms with Crippen LogP contribution in [-0.2, 0) is 24.4 Å². The monoisotopic (exact) mass is 500 g/mol. The van der Waals surface area contributed by atoms with Crippen molar-refractivity contribution >= 4 is 45.6 Å². The number of fused-ring (bicyclic) bond motifs is 1. The van der Waals surface area contributed by atoms with Crippen LogP contribution >= 0.6 is 12.2 Å². The lowest BCUT2D eigenvalue weighted by Crippen LogP contribution is -2.55. The quantitative estimate of drug-likeness (QED) is 0.548. The maximum absolute atomic E-state index is 13.6. The van der Waals surface area contributed by atoms with Crippen LogP contribution in [0.2, 0.25) is 0 Å². The number of rotatable bonds is 4. The Balaban J connectivity index is 1.60. The summed E-state index contributed by atoms with van der Waals surface area (Å²) in [6.45, 7) is -0.0503. The zero-order chi connectivity index (χ0) is 25.1. The zero-order valence-electron chi connectivity index (χ0n) is 18.5. The molecule has 3 aromatic rings. The van der Waals surface area contributed by atoms with E-state index in [9.17, 15) is 23.1 Å². The Morgan fingerprint density at radius 3 is 2.60 bits per heavy atom. The van der Waals surface area contributed by atoms with Crippen LogP contribution in [0.3, 0.4) is 0 Å². The third kappa shape index (κ3) is 3.37. The van der Waals surface area contributed by atoms with Crippen LogP contribution in [0.25, 0.3) is 11.0 Å². The highest BCUT2D eigenvalue weighted by atomic mass is 32.1. The lowest BCUT2D eigenvalue weighted by atomic mass is 9.75. The summed E-state index contributed by atoms with van der Waals surface area (Å²) in [6, 6.07) is 7.62. The molecule has 1 aliphatic carbocycles. The van der Waals surface area contributed by atoms with Crippen molar-refractivity contribution in [1.29, 1.82) is 5.26 Å². The standard InChI is InChI=1S/C23H19F3N6O2S/c1-30-18-4-3-13(10-16(18)29-19(30)5-8-33)32-21(35)31(20(34)22(32)6-2-7-22)14-9-15(23(24,25)26)17(11-27)28-12-14/h3-4,9-10,12,33H,2,5-8H2,1H3. The molecule has 1 aromatic carbocycles. The highest BCUT2D eigenvalue weighted by molar-refractivity contribution is 7.81. The number of benzene rings is 1. The average molecular weight is 501 g/mol. The van der Waals surface area contributed by atoms with E-state index in [0.717, 1.165) is 29.1 Å². The summed E-state index contributed by atoms with van der Waals surface area (Å²) < 4.78 is 42.5. The van der Waals surface area contributed by atoms with Crippen LogP contribution in [0.15, 0.2) is 30.5 Å². The molecule has 180 valence electrons. The molecular formula is C23H19F3N6O2S. The van der Waals surface area contributed by atoms with Crippen molar-refractivity contribution < 1.29 is 23.1 Å². The fraction of sp³-hybridized carbons (Fsp3) is 0.348. The van der Waals surface area contributed by atoms with Crippen LogP contribution < -0.4 is 9.80 Å². The summed E-state index contributed by atoms with van der Waals surface area (Å²) >= 11 is 5.64. The molecular weight excluding hydrogens is 481 g/mol. The maximum atomic E-state index is 13.6. The summed E-state index contributed by atoms with van der Waals surface area (Å²) in [5.41, 5.74) is -1.04. The number of nitriles is 1. The average Bonchev–Trinajstić information content (AvgIpc) is 3.22. The zero-order valence-corrected chi connectivity index (χ0v) is 19.3. The topological polar surface area (TPSA) is 98.3 Å². The van der Waals surface area contributed by atoms with Gasteiger partial charge in [0.1, 0.15) is 17.4 Å². The number of alkyl halides is 3. The van der Waals surface area contributed by atoms with Gasteiger partial charge in [-0.15, -0.1) is 0 Å². The molecule has 0 radical (unpaired) electrons. The SMILES string of the molecule is Cn1c(CCO)nc2cc(N3C(=S)N(c4cnc(C#N)c(C(F)(F)F)c4)C(=O)C34CCC4)ccc21. The fourth-order valence-corrected chi connectivity index (χ4v) is 5.26. The number of nitrogens with zero attached hydrogens (tertiary/aromatic N) is 6. The van der Waals surface area contributed by atoms with Gasteiger partial charge in [-0.3, -0.25) is 9.69 Å². The number of aliphatic hydroxyl groups is 1. The summed E-state index contributed by atoms with van der Waals surface area (Å²) in [6.07, 6.45) is -1.61. The number of amides is 1. The molecule has 1 amide bonds. The van der Waals surface area contributed by atoms with Gasteiger partial charge < -0.3 is 14.6 Å². The number of aryl methyl sites for hydroxylation is 1. The molecule has 0 bridgehead atoms. The summed E-state index contributed by atoms with van der Waals surface area (Å²) in [5, 5.41) is 18.4. The number of carbonyl (C=O) groups is 1. The molecule has 1 aliphatic heterocycles. The molecule has 3 heterocycles. The van der Waals surface area contributed by atoms with E-state index in [2.05, 4.69) is 9.97 Å². The largest absolute Gasteiger partial charge is 0.419 e. The van der Waals surface area contributed by atoms with Crippen molar-refractivity contribution in [3.8, 4) is 6.07 Å². The minimum atomic E-state index is -4.82. The Kier molecular flexibility index (Phi) is 5.30. The van der Waals surface area contributed by atoms with Gasteiger partial charge in [0.05, 0.1) is 35.1 Å². The molecule has 2 aromatic heterocycles. The Hall–Kier alpha value is -3.56. The van der Waals surface area contributed by atoms with Gasteiger partial charge in [-0.05, 0) is 55.7 Å². The predicted octanol–water partition coefficient (Wildman–Crippen LogP) is 3.45. The van der Waals surface area contributed by atoms with Crippen molar-refractivity contribution in [2.75, 3.05) is 16.4 Å². The van der Waals surface area contributed by atoms with Gasteiger partial charge in [0, 0.05) is 19.2 Å². The number of halogens is 3. The van der Waals surface area contributed by atoms with Gasteiger partial charge >= 0.3 is 6.18 Å². The Morgan fingerprint density at radius 1 is 1.26 bits per heavy atom. The van der Waals surface area contributed by atoms with Crippen LogP contribution in [0, 0.1) is 11.3 Å². The lowest BCUT2D eigenvalue weighted by Gasteiger charge is -2.43. The van der Waals surface area contributed by atoms with E-state index in [-0.39, 0.29) is 17.4 Å². The molecule has 1 saturated heterocycles. The third-order valence-electron chi connectivity index (χ3n) is 6.69. The molecule has 2 fully saturated rings. The van der Waals surface area contributed by atoms with E-state index in [1.165, 1.54) is 6.07 Å². The Labute approximate surface area is 203 Å². The van der Waals surface area contributed by atoms with E-state index in [0.29, 0.717) is 36.3 Å². The molecule has 1 saturated carbocycles. The smallest absolute Gasteiger partial charge is 0.396 e. The Bertz CT molecular complexity index is 1420. The van der Waals surface area contributed by atoms with E-state index < -0.39 is 28.9 Å². The first-order chi connectivity index (χ1) is 16.6. The number of hydrogen-bond donors (Lipinski definition) is 1. The number of pyridine rings is 1. The van der Waals surface area contributed by atoms with Gasteiger partial charge in [-0.1, -0.05) is 0 Å². The van der Waals surface area contributed by atoms with Crippen molar-refractivity contribution in [3.63, 3.8) is 0 Å². The summed E-state index contributed by atoms with van der Waals surface area (Å²) in [4.78, 5) is 24.6. The van der Waals surface area contributed by atoms with E-state index in [1.807, 2.05) is 17.7 Å². The minimum absolute atomic E-state index is 0.0418. The molecule has 1 N–H and O–H groups in total. The number of anilines is 2. The van der Waals surface area contributed by atoms with Gasteiger partial charge in [0.2, 0.25) is 0 Å². The fourth-order valence-electron chi connectivity index (χ4n) is 4.79. The number of hydrogen-bond acceptors (Lipinski definition) is 6. The molecule has 0 unspecified atom stereocenters. The minimum Gasteiger partial charge on any atom is -0.396 e. The molecule has 35 heavy (non-hydrogen) atoms. The molecule has 1 spiro atoms. The van der Waals surface area contributed by atoms with Crippen molar-refractivity contribution in [3.05, 3.63) is 47.5 Å². The third-order valence-corrected chi connectivity index (χ3v) is 7.05. The normalized spacial score (nSPS) is 17.4. The number of aliphatic hydroxyl groups excluding tert-OH is 1. The molecule has 0 atom stereocenters. The molecule has 5 rings (SSSR count). The maximum Gasteiger partial charge on any atom is 0.419 e. The van der Waals surface area contributed by atoms with Gasteiger partial charge in [0.15, 0.2) is 10.8 Å². The molecule has 12 heteroatoms. The first-order valence-corrected chi connectivity index (χ1v) is 11.3. The van der Waals surface area contributed by atoms with E-state index in [1.54, 1.807) is 17.0 Å². The van der Waals surface area contributed by atoms with Crippen molar-refractivity contribution in [2.24, 2.45) is 7.05 Å². The Morgan fingerprint density at radius 2 is 2.00 bits per heavy atom. The molecule has 8 nitrogen and oxygen atoms in total. The van der Waals surface area contributed by atoms with Crippen molar-refractivity contribution in [2.45, 2.75) is 37.4 Å². The van der Waals surface area contributed by atoms with Crippen LogP contribution in [0.4, 0.5) is 24.5 Å². The van der Waals surface area contributed by atoms with Crippen molar-refractivity contribution in [1.82, 2.24) is 14.5 Å². The second-order valence-corrected chi connectivity index (χ2v) is 8.94.